The van der Waals surface area contributed by atoms with E-state index in [1.54, 1.807) is 0 Å². The van der Waals surface area contributed by atoms with E-state index in [1.165, 1.54) is 7.11 Å². The molecule has 0 amide bonds. The molecule has 0 heterocycles. The highest BCUT2D eigenvalue weighted by molar-refractivity contribution is 5.69. The van der Waals surface area contributed by atoms with Gasteiger partial charge in [-0.05, 0) is 56.3 Å². The summed E-state index contributed by atoms with van der Waals surface area (Å²) in [7, 11) is 1.41. The molecule has 2 N–H and O–H groups in total. The number of ether oxygens (including phenoxy) is 1. The van der Waals surface area contributed by atoms with Crippen molar-refractivity contribution in [1.82, 2.24) is 0 Å². The molecule has 1 saturated carbocycles. The van der Waals surface area contributed by atoms with Crippen molar-refractivity contribution in [1.29, 1.82) is 0 Å². The van der Waals surface area contributed by atoms with Crippen LogP contribution in [0.3, 0.4) is 0 Å². The van der Waals surface area contributed by atoms with E-state index in [2.05, 4.69) is 36.8 Å². The van der Waals surface area contributed by atoms with Crippen LogP contribution in [-0.2, 0) is 9.53 Å². The third kappa shape index (κ3) is 8.50. The van der Waals surface area contributed by atoms with Crippen molar-refractivity contribution in [3.8, 4) is 0 Å². The van der Waals surface area contributed by atoms with E-state index in [1.807, 2.05) is 6.08 Å². The predicted octanol–water partition coefficient (Wildman–Crippen LogP) is 4.41. The van der Waals surface area contributed by atoms with E-state index < -0.39 is 6.10 Å². The minimum absolute atomic E-state index is 0.165. The molecule has 1 aliphatic rings. The van der Waals surface area contributed by atoms with Gasteiger partial charge >= 0.3 is 5.97 Å². The van der Waals surface area contributed by atoms with Crippen LogP contribution in [0.4, 0.5) is 0 Å². The second kappa shape index (κ2) is 13.1. The summed E-state index contributed by atoms with van der Waals surface area (Å²) in [6.45, 7) is 4.27. The van der Waals surface area contributed by atoms with Crippen LogP contribution in [0.5, 0.6) is 0 Å². The summed E-state index contributed by atoms with van der Waals surface area (Å²) in [6.07, 6.45) is 15.7. The number of esters is 1. The Morgan fingerprint density at radius 2 is 2.04 bits per heavy atom. The van der Waals surface area contributed by atoms with Gasteiger partial charge in [-0.15, -0.1) is 0 Å². The molecular formula is C22H38O4. The SMILES string of the molecule is CCCCC(C)C(O)/C=C\C1CCC(O)C1C/C=C/CCCC(=O)OC. The fourth-order valence-corrected chi connectivity index (χ4v) is 3.63. The largest absolute Gasteiger partial charge is 0.469 e. The van der Waals surface area contributed by atoms with Gasteiger partial charge in [0.2, 0.25) is 0 Å². The van der Waals surface area contributed by atoms with E-state index in [0.717, 1.165) is 51.4 Å². The number of allylic oxidation sites excluding steroid dienone is 3. The lowest BCUT2D eigenvalue weighted by molar-refractivity contribution is -0.140. The van der Waals surface area contributed by atoms with E-state index in [-0.39, 0.29) is 23.9 Å². The number of aliphatic hydroxyl groups is 2. The minimum atomic E-state index is -0.395. The number of hydrogen-bond donors (Lipinski definition) is 2. The van der Waals surface area contributed by atoms with Gasteiger partial charge in [0.05, 0.1) is 19.3 Å². The van der Waals surface area contributed by atoms with Gasteiger partial charge in [0.25, 0.3) is 0 Å². The molecule has 0 aromatic heterocycles. The molecule has 0 spiro atoms. The summed E-state index contributed by atoms with van der Waals surface area (Å²) < 4.78 is 4.63. The number of rotatable bonds is 12. The Balaban J connectivity index is 2.41. The van der Waals surface area contributed by atoms with Gasteiger partial charge in [-0.2, -0.15) is 0 Å². The highest BCUT2D eigenvalue weighted by Crippen LogP contribution is 2.36. The molecule has 0 bridgehead atoms. The van der Waals surface area contributed by atoms with Crippen LogP contribution in [-0.4, -0.2) is 35.5 Å². The monoisotopic (exact) mass is 366 g/mol. The van der Waals surface area contributed by atoms with E-state index >= 15 is 0 Å². The quantitative estimate of drug-likeness (QED) is 0.305. The molecule has 150 valence electrons. The molecule has 0 aliphatic heterocycles. The number of carbonyl (C=O) groups is 1. The van der Waals surface area contributed by atoms with Crippen LogP contribution in [0, 0.1) is 17.8 Å². The third-order valence-corrected chi connectivity index (χ3v) is 5.55. The van der Waals surface area contributed by atoms with Crippen LogP contribution in [0.25, 0.3) is 0 Å². The maximum absolute atomic E-state index is 11.1. The van der Waals surface area contributed by atoms with Crippen molar-refractivity contribution in [2.75, 3.05) is 7.11 Å². The summed E-state index contributed by atoms with van der Waals surface area (Å²) in [5, 5.41) is 20.6. The van der Waals surface area contributed by atoms with Crippen LogP contribution in [0.1, 0.15) is 71.6 Å². The van der Waals surface area contributed by atoms with Crippen LogP contribution in [0.2, 0.25) is 0 Å². The van der Waals surface area contributed by atoms with Gasteiger partial charge < -0.3 is 14.9 Å². The molecule has 4 nitrogen and oxygen atoms in total. The van der Waals surface area contributed by atoms with E-state index in [4.69, 9.17) is 0 Å². The molecule has 0 saturated heterocycles. The maximum Gasteiger partial charge on any atom is 0.305 e. The molecule has 0 aromatic carbocycles. The zero-order chi connectivity index (χ0) is 19.4. The van der Waals surface area contributed by atoms with Crippen molar-refractivity contribution in [3.05, 3.63) is 24.3 Å². The molecule has 4 heteroatoms. The number of aliphatic hydroxyl groups excluding tert-OH is 2. The van der Waals surface area contributed by atoms with Gasteiger partial charge in [-0.3, -0.25) is 4.79 Å². The number of carbonyl (C=O) groups excluding carboxylic acids is 1. The fraction of sp³-hybridized carbons (Fsp3) is 0.773. The zero-order valence-corrected chi connectivity index (χ0v) is 16.8. The van der Waals surface area contributed by atoms with Crippen molar-refractivity contribution in [2.24, 2.45) is 17.8 Å². The van der Waals surface area contributed by atoms with Crippen molar-refractivity contribution in [3.63, 3.8) is 0 Å². The Morgan fingerprint density at radius 1 is 1.27 bits per heavy atom. The molecule has 1 rings (SSSR count). The first-order chi connectivity index (χ1) is 12.5. The molecule has 26 heavy (non-hydrogen) atoms. The molecule has 0 radical (unpaired) electrons. The van der Waals surface area contributed by atoms with Gasteiger partial charge in [0.1, 0.15) is 0 Å². The van der Waals surface area contributed by atoms with Gasteiger partial charge in [-0.1, -0.05) is 51.0 Å². The first kappa shape index (κ1) is 22.9. The van der Waals surface area contributed by atoms with Gasteiger partial charge in [0.15, 0.2) is 0 Å². The molecule has 5 atom stereocenters. The Bertz CT molecular complexity index is 443. The lowest BCUT2D eigenvalue weighted by Crippen LogP contribution is -2.19. The average molecular weight is 367 g/mol. The normalized spacial score (nSPS) is 25.8. The summed E-state index contributed by atoms with van der Waals surface area (Å²) in [5.74, 6) is 0.672. The minimum Gasteiger partial charge on any atom is -0.469 e. The Labute approximate surface area is 159 Å². The topological polar surface area (TPSA) is 66.8 Å². The number of hydrogen-bond acceptors (Lipinski definition) is 4. The number of unbranched alkanes of at least 4 members (excludes halogenated alkanes) is 2. The first-order valence-electron chi connectivity index (χ1n) is 10.3. The van der Waals surface area contributed by atoms with Crippen molar-refractivity contribution in [2.45, 2.75) is 83.8 Å². The number of methoxy groups -OCH3 is 1. The third-order valence-electron chi connectivity index (χ3n) is 5.55. The fourth-order valence-electron chi connectivity index (χ4n) is 3.63. The second-order valence-corrected chi connectivity index (χ2v) is 7.64. The van der Waals surface area contributed by atoms with Crippen LogP contribution >= 0.6 is 0 Å². The van der Waals surface area contributed by atoms with E-state index in [9.17, 15) is 15.0 Å². The maximum atomic E-state index is 11.1. The summed E-state index contributed by atoms with van der Waals surface area (Å²) in [6, 6.07) is 0. The van der Waals surface area contributed by atoms with Crippen LogP contribution < -0.4 is 0 Å². The second-order valence-electron chi connectivity index (χ2n) is 7.64. The highest BCUT2D eigenvalue weighted by Gasteiger charge is 2.32. The van der Waals surface area contributed by atoms with Gasteiger partial charge in [0, 0.05) is 6.42 Å². The smallest absolute Gasteiger partial charge is 0.305 e. The first-order valence-corrected chi connectivity index (χ1v) is 10.3. The summed E-state index contributed by atoms with van der Waals surface area (Å²) in [5.41, 5.74) is 0. The van der Waals surface area contributed by atoms with Crippen LogP contribution in [0.15, 0.2) is 24.3 Å². The lowest BCUT2D eigenvalue weighted by atomic mass is 9.89. The Kier molecular flexibility index (Phi) is 11.5. The summed E-state index contributed by atoms with van der Waals surface area (Å²) >= 11 is 0. The predicted molar refractivity (Wildman–Crippen MR) is 106 cm³/mol. The lowest BCUT2D eigenvalue weighted by Gasteiger charge is -2.19. The molecule has 5 unspecified atom stereocenters. The Morgan fingerprint density at radius 3 is 2.73 bits per heavy atom. The molecular weight excluding hydrogens is 328 g/mol. The Hall–Kier alpha value is -1.13. The standard InChI is InChI=1S/C22H38O4/c1-4-5-10-17(2)20(23)15-13-18-14-16-21(24)19(18)11-8-6-7-9-12-22(25)26-3/h6,8,13,15,17-21,23-24H,4-5,7,9-12,14,16H2,1-3H3/b8-6+,15-13-. The van der Waals surface area contributed by atoms with Crippen molar-refractivity contribution < 1.29 is 19.7 Å². The van der Waals surface area contributed by atoms with Crippen molar-refractivity contribution >= 4 is 5.97 Å². The van der Waals surface area contributed by atoms with E-state index in [0.29, 0.717) is 12.3 Å². The molecule has 0 aromatic rings. The molecule has 1 aliphatic carbocycles. The average Bonchev–Trinajstić information content (AvgIpc) is 2.99. The van der Waals surface area contributed by atoms with Gasteiger partial charge in [-0.25, -0.2) is 0 Å². The molecule has 1 fully saturated rings. The zero-order valence-electron chi connectivity index (χ0n) is 16.8. The summed E-state index contributed by atoms with van der Waals surface area (Å²) in [4.78, 5) is 11.1. The highest BCUT2D eigenvalue weighted by atomic mass is 16.5.